The van der Waals surface area contributed by atoms with Gasteiger partial charge in [0.05, 0.1) is 25.4 Å². The minimum Gasteiger partial charge on any atom is -0.466 e. The number of ether oxygens (including phenoxy) is 1. The van der Waals surface area contributed by atoms with E-state index in [-0.39, 0.29) is 18.5 Å². The van der Waals surface area contributed by atoms with E-state index in [1.54, 1.807) is 0 Å². The maximum atomic E-state index is 12.5. The average molecular weight is 1020 g/mol. The Balaban J connectivity index is 3.36. The van der Waals surface area contributed by atoms with Crippen LogP contribution >= 0.6 is 0 Å². The largest absolute Gasteiger partial charge is 0.466 e. The normalized spacial score (nSPS) is 12.6. The molecule has 0 bridgehead atoms. The molecule has 6 heteroatoms. The van der Waals surface area contributed by atoms with Crippen molar-refractivity contribution in [1.82, 2.24) is 5.32 Å². The molecule has 0 saturated carbocycles. The number of nitrogens with one attached hydrogen (secondary N) is 1. The Hall–Kier alpha value is -1.40. The fourth-order valence-electron chi connectivity index (χ4n) is 10.5. The summed E-state index contributed by atoms with van der Waals surface area (Å²) in [5.41, 5.74) is 0. The molecule has 0 aliphatic heterocycles. The molecule has 0 fully saturated rings. The SMILES string of the molecule is CCCCCCCCCCCCCCCCCCCCC(=O)OCCCCCCCCCCCCCC/C=C\CCCCCCCCCCC(=O)NC(CO)C(O)CCCCCCCCCCCCCCC. The van der Waals surface area contributed by atoms with Crippen LogP contribution in [0.3, 0.4) is 0 Å². The van der Waals surface area contributed by atoms with Gasteiger partial charge < -0.3 is 20.3 Å². The molecule has 0 aromatic heterocycles. The number of hydrogen-bond donors (Lipinski definition) is 3. The molecular formula is C66H129NO5. The number of unbranched alkanes of at least 4 members (excludes halogenated alkanes) is 49. The van der Waals surface area contributed by atoms with Crippen LogP contribution in [0.25, 0.3) is 0 Å². The van der Waals surface area contributed by atoms with Gasteiger partial charge in [-0.15, -0.1) is 0 Å². The van der Waals surface area contributed by atoms with Crippen LogP contribution in [-0.4, -0.2) is 47.4 Å². The van der Waals surface area contributed by atoms with E-state index >= 15 is 0 Å². The molecule has 72 heavy (non-hydrogen) atoms. The summed E-state index contributed by atoms with van der Waals surface area (Å²) in [7, 11) is 0. The van der Waals surface area contributed by atoms with Gasteiger partial charge in [0.2, 0.25) is 5.91 Å². The molecule has 6 nitrogen and oxygen atoms in total. The molecule has 0 radical (unpaired) electrons. The van der Waals surface area contributed by atoms with Crippen LogP contribution in [0.2, 0.25) is 0 Å². The summed E-state index contributed by atoms with van der Waals surface area (Å²) in [6.45, 7) is 4.98. The Bertz CT molecular complexity index is 1080. The number of carbonyl (C=O) groups excluding carboxylic acids is 2. The highest BCUT2D eigenvalue weighted by atomic mass is 16.5. The van der Waals surface area contributed by atoms with E-state index in [4.69, 9.17) is 4.74 Å². The molecule has 2 atom stereocenters. The summed E-state index contributed by atoms with van der Waals surface area (Å²) < 4.78 is 5.50. The second-order valence-electron chi connectivity index (χ2n) is 22.8. The summed E-state index contributed by atoms with van der Waals surface area (Å²) in [6.07, 6.45) is 75.2. The fourth-order valence-corrected chi connectivity index (χ4v) is 10.5. The predicted molar refractivity (Wildman–Crippen MR) is 315 cm³/mol. The van der Waals surface area contributed by atoms with Crippen molar-refractivity contribution < 1.29 is 24.5 Å². The summed E-state index contributed by atoms with van der Waals surface area (Å²) >= 11 is 0. The maximum Gasteiger partial charge on any atom is 0.305 e. The predicted octanol–water partition coefficient (Wildman–Crippen LogP) is 20.8. The Morgan fingerprint density at radius 1 is 0.375 bits per heavy atom. The van der Waals surface area contributed by atoms with Crippen LogP contribution in [0, 0.1) is 0 Å². The molecule has 3 N–H and O–H groups in total. The van der Waals surface area contributed by atoms with Crippen molar-refractivity contribution in [1.29, 1.82) is 0 Å². The molecule has 0 aliphatic carbocycles. The minimum absolute atomic E-state index is 0.0177. The molecule has 2 unspecified atom stereocenters. The van der Waals surface area contributed by atoms with E-state index in [0.29, 0.717) is 25.9 Å². The number of carbonyl (C=O) groups is 2. The lowest BCUT2D eigenvalue weighted by molar-refractivity contribution is -0.143. The first-order valence-corrected chi connectivity index (χ1v) is 32.9. The molecule has 0 spiro atoms. The van der Waals surface area contributed by atoms with Crippen molar-refractivity contribution >= 4 is 11.9 Å². The Morgan fingerprint density at radius 2 is 0.653 bits per heavy atom. The van der Waals surface area contributed by atoms with Crippen molar-refractivity contribution in [2.24, 2.45) is 0 Å². The highest BCUT2D eigenvalue weighted by Crippen LogP contribution is 2.18. The number of esters is 1. The van der Waals surface area contributed by atoms with E-state index in [2.05, 4.69) is 31.3 Å². The van der Waals surface area contributed by atoms with Gasteiger partial charge in [-0.1, -0.05) is 321 Å². The van der Waals surface area contributed by atoms with Crippen LogP contribution in [0.1, 0.15) is 373 Å². The van der Waals surface area contributed by atoms with Crippen LogP contribution in [0.4, 0.5) is 0 Å². The Morgan fingerprint density at radius 3 is 0.986 bits per heavy atom. The maximum absolute atomic E-state index is 12.5. The number of aliphatic hydroxyl groups is 2. The van der Waals surface area contributed by atoms with E-state index in [0.717, 1.165) is 38.5 Å². The van der Waals surface area contributed by atoms with Crippen LogP contribution in [-0.2, 0) is 14.3 Å². The van der Waals surface area contributed by atoms with Crippen molar-refractivity contribution in [2.45, 2.75) is 386 Å². The van der Waals surface area contributed by atoms with Gasteiger partial charge >= 0.3 is 5.97 Å². The number of allylic oxidation sites excluding steroid dienone is 2. The van der Waals surface area contributed by atoms with Crippen molar-refractivity contribution in [3.8, 4) is 0 Å². The zero-order valence-corrected chi connectivity index (χ0v) is 48.9. The Kier molecular flexibility index (Phi) is 60.9. The molecule has 0 rings (SSSR count). The van der Waals surface area contributed by atoms with Gasteiger partial charge in [0.25, 0.3) is 0 Å². The number of hydrogen-bond acceptors (Lipinski definition) is 5. The molecule has 0 aliphatic rings. The van der Waals surface area contributed by atoms with Gasteiger partial charge in [-0.05, 0) is 51.4 Å². The van der Waals surface area contributed by atoms with E-state index in [1.165, 1.54) is 302 Å². The lowest BCUT2D eigenvalue weighted by Crippen LogP contribution is -2.45. The second kappa shape index (κ2) is 62.1. The smallest absolute Gasteiger partial charge is 0.305 e. The lowest BCUT2D eigenvalue weighted by Gasteiger charge is -2.22. The lowest BCUT2D eigenvalue weighted by atomic mass is 10.0. The monoisotopic (exact) mass is 1020 g/mol. The van der Waals surface area contributed by atoms with Gasteiger partial charge in [0.15, 0.2) is 0 Å². The van der Waals surface area contributed by atoms with Crippen molar-refractivity contribution in [3.05, 3.63) is 12.2 Å². The first-order valence-electron chi connectivity index (χ1n) is 32.9. The average Bonchev–Trinajstić information content (AvgIpc) is 3.38. The third-order valence-electron chi connectivity index (χ3n) is 15.6. The topological polar surface area (TPSA) is 95.9 Å². The van der Waals surface area contributed by atoms with Gasteiger partial charge in [-0.25, -0.2) is 0 Å². The first kappa shape index (κ1) is 70.6. The van der Waals surface area contributed by atoms with Gasteiger partial charge in [-0.3, -0.25) is 9.59 Å². The van der Waals surface area contributed by atoms with Crippen LogP contribution < -0.4 is 5.32 Å². The summed E-state index contributed by atoms with van der Waals surface area (Å²) in [5.74, 6) is -0.0199. The first-order chi connectivity index (χ1) is 35.5. The number of rotatable bonds is 62. The molecule has 0 aromatic carbocycles. The molecule has 0 aromatic rings. The van der Waals surface area contributed by atoms with E-state index < -0.39 is 12.1 Å². The molecule has 0 heterocycles. The van der Waals surface area contributed by atoms with Gasteiger partial charge in [-0.2, -0.15) is 0 Å². The Labute approximate surface area is 450 Å². The second-order valence-corrected chi connectivity index (χ2v) is 22.8. The van der Waals surface area contributed by atoms with E-state index in [1.807, 2.05) is 0 Å². The van der Waals surface area contributed by atoms with Crippen molar-refractivity contribution in [3.63, 3.8) is 0 Å². The standard InChI is InChI=1S/C66H129NO5/c1-3-5-7-9-11-13-15-17-18-19-29-32-36-40-44-48-52-56-60-66(71)72-61-57-53-49-45-41-37-33-30-27-25-23-21-20-22-24-26-28-31-35-39-43-47-51-55-59-65(70)67-63(62-68)64(69)58-54-50-46-42-38-34-16-14-12-10-8-6-4-2/h22,24,63-64,68-69H,3-21,23,25-62H2,1-2H3,(H,67,70)/b24-22-. The molecule has 0 saturated heterocycles. The highest BCUT2D eigenvalue weighted by Gasteiger charge is 2.20. The quantitative estimate of drug-likeness (QED) is 0.0320. The molecular weight excluding hydrogens is 887 g/mol. The molecule has 1 amide bonds. The van der Waals surface area contributed by atoms with Crippen LogP contribution in [0.15, 0.2) is 12.2 Å². The zero-order valence-electron chi connectivity index (χ0n) is 48.9. The minimum atomic E-state index is -0.666. The summed E-state index contributed by atoms with van der Waals surface area (Å²) in [6, 6.07) is -0.543. The number of amides is 1. The van der Waals surface area contributed by atoms with Gasteiger partial charge in [0.1, 0.15) is 0 Å². The summed E-state index contributed by atoms with van der Waals surface area (Å²) in [5, 5.41) is 23.3. The third kappa shape index (κ3) is 57.9. The van der Waals surface area contributed by atoms with Gasteiger partial charge in [0, 0.05) is 12.8 Å². The molecule has 428 valence electrons. The van der Waals surface area contributed by atoms with Crippen molar-refractivity contribution in [2.75, 3.05) is 13.2 Å². The fraction of sp³-hybridized carbons (Fsp3) is 0.939. The summed E-state index contributed by atoms with van der Waals surface area (Å²) in [4.78, 5) is 24.6. The van der Waals surface area contributed by atoms with E-state index in [9.17, 15) is 19.8 Å². The highest BCUT2D eigenvalue weighted by molar-refractivity contribution is 5.76. The third-order valence-corrected chi connectivity index (χ3v) is 15.6. The zero-order chi connectivity index (χ0) is 52.2. The number of aliphatic hydroxyl groups excluding tert-OH is 2. The van der Waals surface area contributed by atoms with Crippen LogP contribution in [0.5, 0.6) is 0 Å².